The summed E-state index contributed by atoms with van der Waals surface area (Å²) in [5.41, 5.74) is 0.232. The Labute approximate surface area is 279 Å². The van der Waals surface area contributed by atoms with E-state index in [0.717, 1.165) is 14.7 Å². The van der Waals surface area contributed by atoms with Crippen LogP contribution in [0.15, 0.2) is 48.5 Å². The fraction of sp³-hybridized carbons (Fsp3) is 0.515. The third kappa shape index (κ3) is 14.9. The number of ether oxygens (including phenoxy) is 2. The normalized spacial score (nSPS) is 12.8. The summed E-state index contributed by atoms with van der Waals surface area (Å²) < 4.78 is 25.0. The van der Waals surface area contributed by atoms with E-state index in [-0.39, 0.29) is 31.7 Å². The van der Waals surface area contributed by atoms with Crippen LogP contribution in [0, 0.1) is 9.39 Å². The van der Waals surface area contributed by atoms with Crippen LogP contribution in [0.25, 0.3) is 0 Å². The second kappa shape index (κ2) is 17.3. The van der Waals surface area contributed by atoms with Crippen LogP contribution in [-0.2, 0) is 31.9 Å². The van der Waals surface area contributed by atoms with Gasteiger partial charge in [0, 0.05) is 30.1 Å². The molecule has 0 radical (unpaired) electrons. The number of hydrogen-bond donors (Lipinski definition) is 3. The number of nitrogens with zero attached hydrogens (tertiary/aromatic N) is 1. The second-order valence-electron chi connectivity index (χ2n) is 12.7. The highest BCUT2D eigenvalue weighted by molar-refractivity contribution is 14.1. The minimum Gasteiger partial charge on any atom is -0.444 e. The molecule has 0 bridgehead atoms. The van der Waals surface area contributed by atoms with Crippen LogP contribution in [0.4, 0.5) is 14.0 Å². The predicted octanol–water partition coefficient (Wildman–Crippen LogP) is 5.36. The summed E-state index contributed by atoms with van der Waals surface area (Å²) >= 11 is 2.19. The molecular formula is C33H46FIN4O6. The first kappa shape index (κ1) is 37.8. The van der Waals surface area contributed by atoms with Crippen LogP contribution in [0.1, 0.15) is 65.5 Å². The maximum Gasteiger partial charge on any atom is 0.408 e. The largest absolute Gasteiger partial charge is 0.444 e. The Morgan fingerprint density at radius 2 is 1.38 bits per heavy atom. The van der Waals surface area contributed by atoms with Crippen LogP contribution in [0.5, 0.6) is 0 Å². The van der Waals surface area contributed by atoms with Crippen molar-refractivity contribution < 1.29 is 33.0 Å². The van der Waals surface area contributed by atoms with E-state index in [1.807, 2.05) is 24.3 Å². The molecule has 2 aromatic rings. The molecule has 0 aliphatic rings. The van der Waals surface area contributed by atoms with Crippen molar-refractivity contribution in [2.45, 2.75) is 90.5 Å². The van der Waals surface area contributed by atoms with Gasteiger partial charge in [-0.15, -0.1) is 0 Å². The summed E-state index contributed by atoms with van der Waals surface area (Å²) in [5, 5.41) is 8.25. The van der Waals surface area contributed by atoms with Crippen molar-refractivity contribution in [1.29, 1.82) is 0 Å². The van der Waals surface area contributed by atoms with Gasteiger partial charge in [0.2, 0.25) is 11.8 Å². The number of likely N-dealkylation sites (N-methyl/N-ethyl adjacent to an activating group) is 1. The van der Waals surface area contributed by atoms with Crippen molar-refractivity contribution in [2.24, 2.45) is 0 Å². The van der Waals surface area contributed by atoms with E-state index in [0.29, 0.717) is 12.8 Å². The van der Waals surface area contributed by atoms with Gasteiger partial charge in [0.25, 0.3) is 0 Å². The molecule has 0 aromatic heterocycles. The highest BCUT2D eigenvalue weighted by atomic mass is 127. The zero-order chi connectivity index (χ0) is 33.8. The first-order chi connectivity index (χ1) is 20.9. The van der Waals surface area contributed by atoms with Crippen molar-refractivity contribution in [3.63, 3.8) is 0 Å². The third-order valence-electron chi connectivity index (χ3n) is 6.41. The number of rotatable bonds is 13. The molecule has 3 N–H and O–H groups in total. The molecule has 2 rings (SSSR count). The van der Waals surface area contributed by atoms with Crippen molar-refractivity contribution in [2.75, 3.05) is 20.1 Å². The zero-order valence-electron chi connectivity index (χ0n) is 27.2. The second-order valence-corrected chi connectivity index (χ2v) is 14.0. The molecule has 0 fully saturated rings. The molecule has 0 aliphatic heterocycles. The summed E-state index contributed by atoms with van der Waals surface area (Å²) in [5.74, 6) is -1.21. The van der Waals surface area contributed by atoms with E-state index in [9.17, 15) is 23.6 Å². The van der Waals surface area contributed by atoms with Gasteiger partial charge in [0.1, 0.15) is 29.1 Å². The standard InChI is InChI=1S/C33H46FIN4O6/c1-32(2,3)44-30(42)37-19-8-9-27(28(40)36-20-18-22-10-14-24(34)15-11-22)39(7)29(41)26(38-31(43)45-33(4,5)6)21-23-12-16-25(35)17-13-23/h10-17,26-27H,8-9,18-21H2,1-7H3,(H,36,40)(H,37,42)(H,38,43)/t26-,27-/m0/s1. The van der Waals surface area contributed by atoms with E-state index in [1.165, 1.54) is 24.1 Å². The van der Waals surface area contributed by atoms with Crippen LogP contribution in [0.3, 0.4) is 0 Å². The smallest absolute Gasteiger partial charge is 0.408 e. The van der Waals surface area contributed by atoms with Gasteiger partial charge < -0.3 is 30.3 Å². The van der Waals surface area contributed by atoms with E-state index in [4.69, 9.17) is 9.47 Å². The van der Waals surface area contributed by atoms with Crippen LogP contribution in [-0.4, -0.2) is 72.3 Å². The number of carbonyl (C=O) groups excluding carboxylic acids is 4. The Morgan fingerprint density at radius 3 is 1.96 bits per heavy atom. The average molecular weight is 741 g/mol. The van der Waals surface area contributed by atoms with Gasteiger partial charge in [-0.2, -0.15) is 0 Å². The number of alkyl carbamates (subject to hydrolysis) is 2. The molecule has 4 amide bonds. The summed E-state index contributed by atoms with van der Waals surface area (Å²) in [7, 11) is 1.52. The van der Waals surface area contributed by atoms with E-state index < -0.39 is 47.3 Å². The quantitative estimate of drug-likeness (QED) is 0.188. The van der Waals surface area contributed by atoms with Crippen molar-refractivity contribution in [3.05, 3.63) is 69.0 Å². The number of hydrogen-bond acceptors (Lipinski definition) is 6. The van der Waals surface area contributed by atoms with Crippen LogP contribution < -0.4 is 16.0 Å². The highest BCUT2D eigenvalue weighted by Crippen LogP contribution is 2.15. The lowest BCUT2D eigenvalue weighted by molar-refractivity contribution is -0.140. The third-order valence-corrected chi connectivity index (χ3v) is 7.13. The number of benzene rings is 2. The number of amides is 4. The maximum atomic E-state index is 13.9. The van der Waals surface area contributed by atoms with Crippen molar-refractivity contribution >= 4 is 46.6 Å². The number of halogens is 2. The molecule has 0 unspecified atom stereocenters. The lowest BCUT2D eigenvalue weighted by atomic mass is 10.0. The molecule has 12 heteroatoms. The van der Waals surface area contributed by atoms with E-state index in [1.54, 1.807) is 53.7 Å². The molecule has 0 saturated carbocycles. The van der Waals surface area contributed by atoms with Gasteiger partial charge >= 0.3 is 12.2 Å². The van der Waals surface area contributed by atoms with Crippen molar-refractivity contribution in [3.8, 4) is 0 Å². The Hall–Kier alpha value is -3.42. The van der Waals surface area contributed by atoms with Gasteiger partial charge in [-0.25, -0.2) is 14.0 Å². The molecule has 45 heavy (non-hydrogen) atoms. The molecule has 0 saturated heterocycles. The summed E-state index contributed by atoms with van der Waals surface area (Å²) in [6.07, 6.45) is -0.0879. The molecule has 2 aromatic carbocycles. The zero-order valence-corrected chi connectivity index (χ0v) is 29.3. The minimum absolute atomic E-state index is 0.179. The first-order valence-corrected chi connectivity index (χ1v) is 16.0. The van der Waals surface area contributed by atoms with Gasteiger partial charge in [-0.3, -0.25) is 9.59 Å². The molecule has 0 spiro atoms. The number of carbonyl (C=O) groups is 4. The van der Waals surface area contributed by atoms with Gasteiger partial charge in [-0.1, -0.05) is 24.3 Å². The Morgan fingerprint density at radius 1 is 0.822 bits per heavy atom. The van der Waals surface area contributed by atoms with Gasteiger partial charge in [0.05, 0.1) is 0 Å². The predicted molar refractivity (Wildman–Crippen MR) is 179 cm³/mol. The fourth-order valence-electron chi connectivity index (χ4n) is 4.31. The minimum atomic E-state index is -1.01. The Bertz CT molecular complexity index is 1280. The summed E-state index contributed by atoms with van der Waals surface area (Å²) in [6.45, 7) is 11.0. The monoisotopic (exact) mass is 740 g/mol. The molecular weight excluding hydrogens is 694 g/mol. The summed E-state index contributed by atoms with van der Waals surface area (Å²) in [6, 6.07) is 11.6. The van der Waals surface area contributed by atoms with Gasteiger partial charge in [-0.05, 0) is 119 Å². The van der Waals surface area contributed by atoms with E-state index >= 15 is 0 Å². The topological polar surface area (TPSA) is 126 Å². The molecule has 2 atom stereocenters. The SMILES string of the molecule is CN(C(=O)[C@H](Cc1ccc(I)cc1)NC(=O)OC(C)(C)C)[C@@H](CCCNC(=O)OC(C)(C)C)C(=O)NCCc1ccc(F)cc1. The fourth-order valence-corrected chi connectivity index (χ4v) is 4.66. The first-order valence-electron chi connectivity index (χ1n) is 14.9. The van der Waals surface area contributed by atoms with Crippen molar-refractivity contribution in [1.82, 2.24) is 20.9 Å². The van der Waals surface area contributed by atoms with Gasteiger partial charge in [0.15, 0.2) is 0 Å². The molecule has 248 valence electrons. The molecule has 0 heterocycles. The van der Waals surface area contributed by atoms with Crippen LogP contribution in [0.2, 0.25) is 0 Å². The lowest BCUT2D eigenvalue weighted by Gasteiger charge is -2.31. The average Bonchev–Trinajstić information content (AvgIpc) is 2.92. The Kier molecular flexibility index (Phi) is 14.5. The molecule has 0 aliphatic carbocycles. The maximum absolute atomic E-state index is 13.9. The number of nitrogens with one attached hydrogen (secondary N) is 3. The summed E-state index contributed by atoms with van der Waals surface area (Å²) in [4.78, 5) is 53.6. The Balaban J connectivity index is 2.21. The van der Waals surface area contributed by atoms with E-state index in [2.05, 4.69) is 38.5 Å². The highest BCUT2D eigenvalue weighted by Gasteiger charge is 2.33. The molecule has 10 nitrogen and oxygen atoms in total. The lowest BCUT2D eigenvalue weighted by Crippen LogP contribution is -2.55. The van der Waals surface area contributed by atoms with Crippen LogP contribution >= 0.6 is 22.6 Å².